The maximum absolute atomic E-state index is 2.48. The van der Waals surface area contributed by atoms with Crippen LogP contribution in [0.5, 0.6) is 0 Å². The third-order valence-corrected chi connectivity index (χ3v) is 14.1. The Morgan fingerprint density at radius 2 is 0.833 bits per heavy atom. The summed E-state index contributed by atoms with van der Waals surface area (Å²) in [5.41, 5.74) is 3.33. The van der Waals surface area contributed by atoms with Crippen LogP contribution in [0.15, 0.2) is 60.7 Å². The van der Waals surface area contributed by atoms with E-state index < -0.39 is 0 Å². The standard InChI is InChI=1S/C42H60/c1-3-15-31-27-39-33(29-17-7-5-8-18-29)23-13-25-37(39)41(31)35-21-11-12-22-36(35)42-32(16-4-2)28-40-34(24-14-26-38(40)42)30-19-9-6-10-20-30/h5-10,17-20,31-42H,3-4,11-16,21-28H2,1-2H3. The summed E-state index contributed by atoms with van der Waals surface area (Å²) in [4.78, 5) is 0. The van der Waals surface area contributed by atoms with Crippen LogP contribution in [-0.4, -0.2) is 0 Å². The summed E-state index contributed by atoms with van der Waals surface area (Å²) < 4.78 is 0. The second-order valence-corrected chi connectivity index (χ2v) is 15.9. The predicted molar refractivity (Wildman–Crippen MR) is 178 cm³/mol. The summed E-state index contributed by atoms with van der Waals surface area (Å²) in [6.07, 6.45) is 23.9. The zero-order valence-electron chi connectivity index (χ0n) is 27.0. The molecule has 5 saturated carbocycles. The molecular weight excluding hydrogens is 504 g/mol. The van der Waals surface area contributed by atoms with Crippen LogP contribution in [0.2, 0.25) is 0 Å². The number of rotatable bonds is 8. The summed E-state index contributed by atoms with van der Waals surface area (Å²) in [7, 11) is 0. The molecule has 2 aromatic carbocycles. The first-order valence-corrected chi connectivity index (χ1v) is 18.9. The largest absolute Gasteiger partial charge is 0.0654 e. The lowest BCUT2D eigenvalue weighted by Crippen LogP contribution is -2.41. The first kappa shape index (κ1) is 29.2. The SMILES string of the molecule is CCCC1CC2C(c3ccccc3)CCCC2C1C1CCCCC1C1C(CCC)CC2C(c3ccccc3)CCCC21. The lowest BCUT2D eigenvalue weighted by molar-refractivity contribution is 0.0108. The van der Waals surface area contributed by atoms with Gasteiger partial charge in [-0.15, -0.1) is 0 Å². The van der Waals surface area contributed by atoms with Gasteiger partial charge in [-0.1, -0.05) is 126 Å². The summed E-state index contributed by atoms with van der Waals surface area (Å²) in [5, 5.41) is 0. The van der Waals surface area contributed by atoms with E-state index >= 15 is 0 Å². The molecule has 0 heteroatoms. The monoisotopic (exact) mass is 564 g/mol. The van der Waals surface area contributed by atoms with Gasteiger partial charge < -0.3 is 0 Å². The van der Waals surface area contributed by atoms with E-state index in [1.54, 1.807) is 24.0 Å². The number of hydrogen-bond donors (Lipinski definition) is 0. The normalized spacial score (nSPS) is 41.8. The second kappa shape index (κ2) is 13.2. The molecule has 0 aliphatic heterocycles. The van der Waals surface area contributed by atoms with Crippen LogP contribution in [0.1, 0.15) is 140 Å². The van der Waals surface area contributed by atoms with Gasteiger partial charge in [-0.2, -0.15) is 0 Å². The first-order chi connectivity index (χ1) is 20.8. The maximum Gasteiger partial charge on any atom is -0.0131 e. The molecule has 5 aliphatic carbocycles. The molecule has 0 bridgehead atoms. The van der Waals surface area contributed by atoms with Gasteiger partial charge in [0.05, 0.1) is 0 Å². The van der Waals surface area contributed by atoms with Gasteiger partial charge in [0.15, 0.2) is 0 Å². The molecule has 0 amide bonds. The number of hydrogen-bond acceptors (Lipinski definition) is 0. The van der Waals surface area contributed by atoms with E-state index in [4.69, 9.17) is 0 Å². The molecule has 0 heterocycles. The van der Waals surface area contributed by atoms with Crippen molar-refractivity contribution < 1.29 is 0 Å². The first-order valence-electron chi connectivity index (χ1n) is 18.9. The minimum Gasteiger partial charge on any atom is -0.0654 e. The maximum atomic E-state index is 2.48. The average molecular weight is 565 g/mol. The Morgan fingerprint density at radius 1 is 0.452 bits per heavy atom. The van der Waals surface area contributed by atoms with Crippen LogP contribution < -0.4 is 0 Å². The molecule has 0 N–H and O–H groups in total. The quantitative estimate of drug-likeness (QED) is 0.299. The molecule has 0 spiro atoms. The van der Waals surface area contributed by atoms with Crippen molar-refractivity contribution in [2.24, 2.45) is 59.2 Å². The Bertz CT molecular complexity index is 1010. The van der Waals surface area contributed by atoms with E-state index in [1.807, 2.05) is 0 Å². The molecular formula is C42H60. The molecule has 228 valence electrons. The van der Waals surface area contributed by atoms with E-state index in [0.29, 0.717) is 0 Å². The van der Waals surface area contributed by atoms with Crippen molar-refractivity contribution >= 4 is 0 Å². The fourth-order valence-electron chi connectivity index (χ4n) is 13.0. The Morgan fingerprint density at radius 3 is 1.24 bits per heavy atom. The molecule has 5 fully saturated rings. The van der Waals surface area contributed by atoms with Crippen molar-refractivity contribution in [1.82, 2.24) is 0 Å². The highest BCUT2D eigenvalue weighted by Gasteiger charge is 2.56. The molecule has 12 unspecified atom stereocenters. The van der Waals surface area contributed by atoms with Gasteiger partial charge in [-0.05, 0) is 134 Å². The molecule has 12 atom stereocenters. The zero-order chi connectivity index (χ0) is 28.5. The lowest BCUT2D eigenvalue weighted by atomic mass is 9.56. The number of benzene rings is 2. The lowest BCUT2D eigenvalue weighted by Gasteiger charge is -2.48. The predicted octanol–water partition coefficient (Wildman–Crippen LogP) is 12.1. The third-order valence-electron chi connectivity index (χ3n) is 14.1. The summed E-state index contributed by atoms with van der Waals surface area (Å²) in [5.74, 6) is 11.6. The van der Waals surface area contributed by atoms with Gasteiger partial charge in [0.1, 0.15) is 0 Å². The number of fused-ring (bicyclic) bond motifs is 2. The van der Waals surface area contributed by atoms with Gasteiger partial charge in [0.2, 0.25) is 0 Å². The van der Waals surface area contributed by atoms with Crippen LogP contribution in [-0.2, 0) is 0 Å². The van der Waals surface area contributed by atoms with Crippen molar-refractivity contribution in [2.75, 3.05) is 0 Å². The zero-order valence-corrected chi connectivity index (χ0v) is 27.0. The Kier molecular flexibility index (Phi) is 9.17. The highest BCUT2D eigenvalue weighted by molar-refractivity contribution is 5.24. The van der Waals surface area contributed by atoms with Crippen LogP contribution in [0.3, 0.4) is 0 Å². The van der Waals surface area contributed by atoms with E-state index in [9.17, 15) is 0 Å². The van der Waals surface area contributed by atoms with Crippen LogP contribution >= 0.6 is 0 Å². The molecule has 0 radical (unpaired) electrons. The Hall–Kier alpha value is -1.56. The Balaban J connectivity index is 1.20. The van der Waals surface area contributed by atoms with Crippen molar-refractivity contribution in [3.8, 4) is 0 Å². The summed E-state index contributed by atoms with van der Waals surface area (Å²) >= 11 is 0. The highest BCUT2D eigenvalue weighted by Crippen LogP contribution is 2.64. The minimum absolute atomic E-state index is 0.824. The highest BCUT2D eigenvalue weighted by atomic mass is 14.6. The van der Waals surface area contributed by atoms with Crippen LogP contribution in [0.4, 0.5) is 0 Å². The summed E-state index contributed by atoms with van der Waals surface area (Å²) in [6.45, 7) is 4.97. The average Bonchev–Trinajstić information content (AvgIpc) is 3.60. The van der Waals surface area contributed by atoms with E-state index in [2.05, 4.69) is 74.5 Å². The third kappa shape index (κ3) is 5.45. The van der Waals surface area contributed by atoms with Crippen LogP contribution in [0, 0.1) is 59.2 Å². The minimum atomic E-state index is 0.824. The van der Waals surface area contributed by atoms with Crippen molar-refractivity contribution in [3.63, 3.8) is 0 Å². The fraction of sp³-hybridized carbons (Fsp3) is 0.714. The molecule has 42 heavy (non-hydrogen) atoms. The fourth-order valence-corrected chi connectivity index (χ4v) is 13.0. The van der Waals surface area contributed by atoms with E-state index in [1.165, 1.54) is 89.9 Å². The topological polar surface area (TPSA) is 0 Å². The second-order valence-electron chi connectivity index (χ2n) is 15.9. The van der Waals surface area contributed by atoms with Crippen LogP contribution in [0.25, 0.3) is 0 Å². The molecule has 2 aromatic rings. The van der Waals surface area contributed by atoms with E-state index in [0.717, 1.165) is 71.0 Å². The van der Waals surface area contributed by atoms with Gasteiger partial charge in [0, 0.05) is 0 Å². The molecule has 0 aromatic heterocycles. The van der Waals surface area contributed by atoms with Crippen molar-refractivity contribution in [3.05, 3.63) is 71.8 Å². The van der Waals surface area contributed by atoms with Gasteiger partial charge in [-0.3, -0.25) is 0 Å². The summed E-state index contributed by atoms with van der Waals surface area (Å²) in [6, 6.07) is 23.6. The smallest absolute Gasteiger partial charge is 0.0131 e. The molecule has 0 saturated heterocycles. The van der Waals surface area contributed by atoms with E-state index in [-0.39, 0.29) is 0 Å². The van der Waals surface area contributed by atoms with Gasteiger partial charge in [0.25, 0.3) is 0 Å². The van der Waals surface area contributed by atoms with Crippen molar-refractivity contribution in [2.45, 2.75) is 128 Å². The Labute approximate surface area is 258 Å². The van der Waals surface area contributed by atoms with Gasteiger partial charge >= 0.3 is 0 Å². The molecule has 5 aliphatic rings. The molecule has 0 nitrogen and oxygen atoms in total. The van der Waals surface area contributed by atoms with Crippen molar-refractivity contribution in [1.29, 1.82) is 0 Å². The van der Waals surface area contributed by atoms with Gasteiger partial charge in [-0.25, -0.2) is 0 Å². The molecule has 7 rings (SSSR count).